The molecule has 0 aliphatic heterocycles. The average Bonchev–Trinajstić information content (AvgIpc) is 4.24. The monoisotopic (exact) mass is 972 g/mol. The van der Waals surface area contributed by atoms with Gasteiger partial charge in [-0.25, -0.2) is 0 Å². The van der Waals surface area contributed by atoms with Crippen LogP contribution >= 0.6 is 45.3 Å². The summed E-state index contributed by atoms with van der Waals surface area (Å²) in [6.45, 7) is 9.16. The predicted octanol–water partition coefficient (Wildman–Crippen LogP) is 20.9. The van der Waals surface area contributed by atoms with Crippen molar-refractivity contribution in [3.05, 3.63) is 141 Å². The lowest BCUT2D eigenvalue weighted by Gasteiger charge is -2.12. The third kappa shape index (κ3) is 13.9. The maximum atomic E-state index is 4.97. The molecule has 2 aromatic carbocycles. The van der Waals surface area contributed by atoms with E-state index in [1.165, 1.54) is 175 Å². The lowest BCUT2D eigenvalue weighted by Crippen LogP contribution is -1.91. The molecule has 6 heterocycles. The van der Waals surface area contributed by atoms with Crippen molar-refractivity contribution in [2.24, 2.45) is 0 Å². The van der Waals surface area contributed by atoms with Crippen LogP contribution in [0.2, 0.25) is 0 Å². The van der Waals surface area contributed by atoms with Gasteiger partial charge < -0.3 is 0 Å². The second kappa shape index (κ2) is 25.9. The number of nitrogens with zero attached hydrogens (tertiary/aromatic N) is 2. The zero-order valence-electron chi connectivity index (χ0n) is 41.2. The molecule has 0 bridgehead atoms. The van der Waals surface area contributed by atoms with Crippen molar-refractivity contribution in [3.8, 4) is 75.4 Å². The first-order valence-electron chi connectivity index (χ1n) is 26.1. The molecule has 0 aliphatic rings. The van der Waals surface area contributed by atoms with Crippen LogP contribution in [0.4, 0.5) is 0 Å². The van der Waals surface area contributed by atoms with E-state index in [-0.39, 0.29) is 0 Å². The smallest absolute Gasteiger partial charge is 0.0892 e. The van der Waals surface area contributed by atoms with Gasteiger partial charge in [-0.3, -0.25) is 9.97 Å². The number of hydrogen-bond donors (Lipinski definition) is 0. The number of hydrogen-bond acceptors (Lipinski definition) is 6. The normalized spacial score (nSPS) is 11.5. The number of aryl methyl sites for hydroxylation is 4. The zero-order valence-corrected chi connectivity index (χ0v) is 44.5. The summed E-state index contributed by atoms with van der Waals surface area (Å²) in [6.07, 6.45) is 29.2. The molecule has 0 unspecified atom stereocenters. The van der Waals surface area contributed by atoms with Gasteiger partial charge >= 0.3 is 0 Å². The van der Waals surface area contributed by atoms with E-state index in [2.05, 4.69) is 137 Å². The summed E-state index contributed by atoms with van der Waals surface area (Å²) in [5, 5.41) is 0. The van der Waals surface area contributed by atoms with Gasteiger partial charge in [0.25, 0.3) is 0 Å². The Morgan fingerprint density at radius 3 is 0.838 bits per heavy atom. The van der Waals surface area contributed by atoms with E-state index in [1.54, 1.807) is 0 Å². The Balaban J connectivity index is 1.11. The van der Waals surface area contributed by atoms with Gasteiger partial charge in [0.1, 0.15) is 0 Å². The topological polar surface area (TPSA) is 25.8 Å². The number of thiophene rings is 4. The molecule has 0 saturated heterocycles. The molecule has 0 fully saturated rings. The van der Waals surface area contributed by atoms with Crippen LogP contribution in [0.1, 0.15) is 150 Å². The average molecular weight is 974 g/mol. The number of unbranched alkanes of at least 4 members (excludes halogenated alkanes) is 12. The Labute approximate surface area is 425 Å². The highest BCUT2D eigenvalue weighted by Gasteiger charge is 2.16. The molecule has 0 atom stereocenters. The van der Waals surface area contributed by atoms with Crippen LogP contribution in [0.25, 0.3) is 75.4 Å². The molecule has 354 valence electrons. The van der Waals surface area contributed by atoms with Gasteiger partial charge in [0.15, 0.2) is 0 Å². The molecule has 6 aromatic heterocycles. The van der Waals surface area contributed by atoms with Gasteiger partial charge in [-0.1, -0.05) is 105 Å². The molecule has 68 heavy (non-hydrogen) atoms. The molecular formula is C62H72N2S4. The van der Waals surface area contributed by atoms with E-state index in [9.17, 15) is 0 Å². The maximum absolute atomic E-state index is 4.97. The zero-order chi connectivity index (χ0) is 46.9. The molecule has 0 N–H and O–H groups in total. The summed E-state index contributed by atoms with van der Waals surface area (Å²) < 4.78 is 0. The van der Waals surface area contributed by atoms with Crippen LogP contribution in [0.15, 0.2) is 122 Å². The third-order valence-electron chi connectivity index (χ3n) is 13.2. The highest BCUT2D eigenvalue weighted by atomic mass is 32.1. The summed E-state index contributed by atoms with van der Waals surface area (Å²) in [4.78, 5) is 21.3. The highest BCUT2D eigenvalue weighted by molar-refractivity contribution is 7.16. The second-order valence-electron chi connectivity index (χ2n) is 18.8. The fraction of sp³-hybridized carbons (Fsp3) is 0.387. The molecule has 6 heteroatoms. The van der Waals surface area contributed by atoms with Crippen molar-refractivity contribution < 1.29 is 0 Å². The summed E-state index contributed by atoms with van der Waals surface area (Å²) in [5.41, 5.74) is 11.7. The van der Waals surface area contributed by atoms with Crippen molar-refractivity contribution >= 4 is 45.3 Å². The van der Waals surface area contributed by atoms with Crippen molar-refractivity contribution in [2.75, 3.05) is 0 Å². The molecule has 0 spiro atoms. The number of rotatable bonds is 27. The van der Waals surface area contributed by atoms with E-state index in [1.807, 2.05) is 57.7 Å². The summed E-state index contributed by atoms with van der Waals surface area (Å²) in [7, 11) is 0. The van der Waals surface area contributed by atoms with Crippen LogP contribution in [-0.2, 0) is 25.7 Å². The van der Waals surface area contributed by atoms with Crippen LogP contribution in [0.5, 0.6) is 0 Å². The molecule has 8 aromatic rings. The Morgan fingerprint density at radius 1 is 0.279 bits per heavy atom. The van der Waals surface area contributed by atoms with Gasteiger partial charge in [-0.15, -0.1) is 45.3 Å². The SMILES string of the molecule is CCCCCCc1ccc(-c2cc(-c3ccnc(-c4cc(-c5cc(-c6ccc(CCCCCC)s6)cc(-c6ccc(CCCCCC)s6)c5)ccn4)c3)cc(-c3ccc(CCCCCC)s3)c2)s1. The van der Waals surface area contributed by atoms with Crippen LogP contribution in [0.3, 0.4) is 0 Å². The first-order valence-corrected chi connectivity index (χ1v) is 29.4. The first-order chi connectivity index (χ1) is 33.5. The molecule has 0 radical (unpaired) electrons. The van der Waals surface area contributed by atoms with E-state index in [0.29, 0.717) is 0 Å². The Bertz CT molecular complexity index is 2450. The minimum absolute atomic E-state index is 0.889. The van der Waals surface area contributed by atoms with Crippen molar-refractivity contribution in [1.82, 2.24) is 9.97 Å². The lowest BCUT2D eigenvalue weighted by atomic mass is 9.97. The van der Waals surface area contributed by atoms with Gasteiger partial charge in [0.05, 0.1) is 11.4 Å². The van der Waals surface area contributed by atoms with Gasteiger partial charge in [0.2, 0.25) is 0 Å². The lowest BCUT2D eigenvalue weighted by molar-refractivity contribution is 0.670. The number of pyridine rings is 2. The van der Waals surface area contributed by atoms with Crippen LogP contribution in [0, 0.1) is 0 Å². The van der Waals surface area contributed by atoms with Gasteiger partial charge in [-0.05, 0) is 205 Å². The van der Waals surface area contributed by atoms with Crippen LogP contribution < -0.4 is 0 Å². The standard InChI is InChI=1S/C62H72N2S4/c1-5-9-13-17-21-53-25-29-59(65-53)49-37-47(38-50(41-49)60-30-26-54(66-60)22-18-14-10-6-2)45-33-35-63-57(43-45)58-44-46(34-36-64-58)48-39-51(61-31-27-55(67-61)23-19-15-11-7-3)42-52(40-48)62-32-28-56(68-62)24-20-16-12-8-4/h25-44H,5-24H2,1-4H3. The Hall–Kier alpha value is -4.46. The van der Waals surface area contributed by atoms with E-state index in [0.717, 1.165) is 48.2 Å². The van der Waals surface area contributed by atoms with E-state index >= 15 is 0 Å². The molecular weight excluding hydrogens is 901 g/mol. The largest absolute Gasteiger partial charge is 0.255 e. The Kier molecular flexibility index (Phi) is 19.1. The van der Waals surface area contributed by atoms with E-state index < -0.39 is 0 Å². The molecule has 0 aliphatic carbocycles. The predicted molar refractivity (Wildman–Crippen MR) is 303 cm³/mol. The maximum Gasteiger partial charge on any atom is 0.0892 e. The second-order valence-corrected chi connectivity index (χ2v) is 23.4. The number of aromatic nitrogens is 2. The van der Waals surface area contributed by atoms with Crippen molar-refractivity contribution in [2.45, 2.75) is 156 Å². The summed E-state index contributed by atoms with van der Waals surface area (Å²) in [5.74, 6) is 0. The molecule has 0 amide bonds. The minimum atomic E-state index is 0.889. The van der Waals surface area contributed by atoms with Crippen molar-refractivity contribution in [1.29, 1.82) is 0 Å². The summed E-state index contributed by atoms with van der Waals surface area (Å²) >= 11 is 7.86. The van der Waals surface area contributed by atoms with E-state index in [4.69, 9.17) is 9.97 Å². The fourth-order valence-corrected chi connectivity index (χ4v) is 13.4. The molecule has 8 rings (SSSR count). The highest BCUT2D eigenvalue weighted by Crippen LogP contribution is 2.41. The van der Waals surface area contributed by atoms with Crippen molar-refractivity contribution in [3.63, 3.8) is 0 Å². The third-order valence-corrected chi connectivity index (χ3v) is 18.0. The minimum Gasteiger partial charge on any atom is -0.255 e. The molecule has 0 saturated carbocycles. The quantitative estimate of drug-likeness (QED) is 0.0480. The first kappa shape index (κ1) is 49.9. The fourth-order valence-electron chi connectivity index (χ4n) is 9.23. The number of benzene rings is 2. The summed E-state index contributed by atoms with van der Waals surface area (Å²) in [6, 6.07) is 42.1. The Morgan fingerprint density at radius 2 is 0.559 bits per heavy atom. The van der Waals surface area contributed by atoms with Gasteiger partial charge in [0, 0.05) is 51.4 Å². The van der Waals surface area contributed by atoms with Crippen LogP contribution in [-0.4, -0.2) is 9.97 Å². The van der Waals surface area contributed by atoms with Gasteiger partial charge in [-0.2, -0.15) is 0 Å². The molecule has 2 nitrogen and oxygen atoms in total.